The summed E-state index contributed by atoms with van der Waals surface area (Å²) in [4.78, 5) is 13.2. The Hall–Kier alpha value is -4.45. The highest BCUT2D eigenvalue weighted by Crippen LogP contribution is 2.25. The zero-order chi connectivity index (χ0) is 24.2. The highest BCUT2D eigenvalue weighted by molar-refractivity contribution is 5.96. The molecule has 2 heterocycles. The lowest BCUT2D eigenvalue weighted by Gasteiger charge is -2.12. The number of carbonyl (C=O) groups excluding carboxylic acids is 1. The van der Waals surface area contributed by atoms with Crippen LogP contribution in [-0.4, -0.2) is 25.5 Å². The standard InChI is InChI=1S/C29H27N5O/c1-21-28(22(2)34(32-21)26-10-4-3-5-11-26)29(35)30-19-25-9-6-7-12-27(25)24-15-13-23(14-16-24)20-33-18-8-17-31-33/h3-18H,19-20H2,1-2H3,(H,30,35). The van der Waals surface area contributed by atoms with E-state index in [1.54, 1.807) is 6.20 Å². The van der Waals surface area contributed by atoms with Crippen LogP contribution in [0.3, 0.4) is 0 Å². The largest absolute Gasteiger partial charge is 0.348 e. The number of hydrogen-bond donors (Lipinski definition) is 1. The normalized spacial score (nSPS) is 10.9. The van der Waals surface area contributed by atoms with Gasteiger partial charge in [0.15, 0.2) is 0 Å². The van der Waals surface area contributed by atoms with Crippen LogP contribution in [0.25, 0.3) is 16.8 Å². The van der Waals surface area contributed by atoms with Crippen molar-refractivity contribution in [3.8, 4) is 16.8 Å². The number of nitrogens with zero attached hydrogens (tertiary/aromatic N) is 4. The minimum absolute atomic E-state index is 0.119. The number of benzene rings is 3. The summed E-state index contributed by atoms with van der Waals surface area (Å²) in [6.45, 7) is 4.97. The molecule has 0 unspecified atom stereocenters. The van der Waals surface area contributed by atoms with E-state index in [0.29, 0.717) is 17.8 Å². The van der Waals surface area contributed by atoms with Crippen molar-refractivity contribution in [2.75, 3.05) is 0 Å². The van der Waals surface area contributed by atoms with Gasteiger partial charge in [0.2, 0.25) is 0 Å². The molecule has 0 aliphatic carbocycles. The molecule has 35 heavy (non-hydrogen) atoms. The molecule has 174 valence electrons. The maximum Gasteiger partial charge on any atom is 0.255 e. The van der Waals surface area contributed by atoms with Gasteiger partial charge < -0.3 is 5.32 Å². The van der Waals surface area contributed by atoms with E-state index in [1.165, 1.54) is 5.56 Å². The number of hydrogen-bond acceptors (Lipinski definition) is 3. The second-order valence-electron chi connectivity index (χ2n) is 8.53. The van der Waals surface area contributed by atoms with E-state index < -0.39 is 0 Å². The minimum atomic E-state index is -0.119. The molecule has 5 aromatic rings. The van der Waals surface area contributed by atoms with Crippen LogP contribution in [0.15, 0.2) is 97.3 Å². The van der Waals surface area contributed by atoms with E-state index in [0.717, 1.165) is 34.6 Å². The van der Waals surface area contributed by atoms with Crippen molar-refractivity contribution >= 4 is 5.91 Å². The topological polar surface area (TPSA) is 64.7 Å². The molecule has 0 bridgehead atoms. The maximum atomic E-state index is 13.2. The molecular weight excluding hydrogens is 434 g/mol. The summed E-state index contributed by atoms with van der Waals surface area (Å²) < 4.78 is 3.73. The summed E-state index contributed by atoms with van der Waals surface area (Å²) in [5.74, 6) is -0.119. The van der Waals surface area contributed by atoms with Crippen molar-refractivity contribution in [3.63, 3.8) is 0 Å². The van der Waals surface area contributed by atoms with Crippen LogP contribution < -0.4 is 5.32 Å². The molecule has 1 N–H and O–H groups in total. The molecule has 5 rings (SSSR count). The predicted octanol–water partition coefficient (Wildman–Crippen LogP) is 5.33. The van der Waals surface area contributed by atoms with Gasteiger partial charge in [-0.1, -0.05) is 66.7 Å². The van der Waals surface area contributed by atoms with Crippen molar-refractivity contribution in [1.29, 1.82) is 0 Å². The molecule has 1 amide bonds. The van der Waals surface area contributed by atoms with E-state index in [-0.39, 0.29) is 5.91 Å². The van der Waals surface area contributed by atoms with Crippen LogP contribution in [0, 0.1) is 13.8 Å². The van der Waals surface area contributed by atoms with Crippen LogP contribution >= 0.6 is 0 Å². The quantitative estimate of drug-likeness (QED) is 0.356. The Morgan fingerprint density at radius 1 is 0.886 bits per heavy atom. The molecule has 6 heteroatoms. The first-order valence-electron chi connectivity index (χ1n) is 11.6. The summed E-state index contributed by atoms with van der Waals surface area (Å²) in [5.41, 5.74) is 7.56. The van der Waals surface area contributed by atoms with Crippen LogP contribution in [0.1, 0.15) is 32.9 Å². The first-order chi connectivity index (χ1) is 17.1. The van der Waals surface area contributed by atoms with Gasteiger partial charge in [0.05, 0.1) is 29.2 Å². The fourth-order valence-electron chi connectivity index (χ4n) is 4.38. The number of nitrogens with one attached hydrogen (secondary N) is 1. The lowest BCUT2D eigenvalue weighted by Crippen LogP contribution is -2.24. The molecule has 0 radical (unpaired) electrons. The van der Waals surface area contributed by atoms with Gasteiger partial charge in [-0.2, -0.15) is 10.2 Å². The number of carbonyl (C=O) groups is 1. The monoisotopic (exact) mass is 461 g/mol. The second kappa shape index (κ2) is 9.81. The van der Waals surface area contributed by atoms with E-state index in [2.05, 4.69) is 51.9 Å². The lowest BCUT2D eigenvalue weighted by molar-refractivity contribution is 0.0949. The molecule has 0 aliphatic heterocycles. The zero-order valence-electron chi connectivity index (χ0n) is 19.8. The average Bonchev–Trinajstić information content (AvgIpc) is 3.51. The van der Waals surface area contributed by atoms with Gasteiger partial charge >= 0.3 is 0 Å². The first-order valence-corrected chi connectivity index (χ1v) is 11.6. The highest BCUT2D eigenvalue weighted by atomic mass is 16.1. The van der Waals surface area contributed by atoms with Gasteiger partial charge in [0.1, 0.15) is 0 Å². The third-order valence-electron chi connectivity index (χ3n) is 6.14. The molecule has 0 aliphatic rings. The second-order valence-corrected chi connectivity index (χ2v) is 8.53. The van der Waals surface area contributed by atoms with E-state index >= 15 is 0 Å². The third-order valence-corrected chi connectivity index (χ3v) is 6.14. The number of aromatic nitrogens is 4. The Balaban J connectivity index is 1.33. The smallest absolute Gasteiger partial charge is 0.255 e. The number of aryl methyl sites for hydroxylation is 1. The Morgan fingerprint density at radius 2 is 1.63 bits per heavy atom. The summed E-state index contributed by atoms with van der Waals surface area (Å²) in [6, 6.07) is 28.4. The molecule has 0 saturated carbocycles. The molecule has 0 spiro atoms. The van der Waals surface area contributed by atoms with Crippen LogP contribution in [-0.2, 0) is 13.1 Å². The lowest BCUT2D eigenvalue weighted by atomic mass is 9.98. The SMILES string of the molecule is Cc1nn(-c2ccccc2)c(C)c1C(=O)NCc1ccccc1-c1ccc(Cn2cccn2)cc1. The van der Waals surface area contributed by atoms with Gasteiger partial charge in [-0.25, -0.2) is 4.68 Å². The molecular formula is C29H27N5O. The number of amides is 1. The van der Waals surface area contributed by atoms with E-state index in [4.69, 9.17) is 0 Å². The van der Waals surface area contributed by atoms with Crippen LogP contribution in [0.4, 0.5) is 0 Å². The summed E-state index contributed by atoms with van der Waals surface area (Å²) >= 11 is 0. The van der Waals surface area contributed by atoms with Crippen molar-refractivity contribution in [3.05, 3.63) is 125 Å². The molecule has 0 atom stereocenters. The molecule has 0 fully saturated rings. The third kappa shape index (κ3) is 4.77. The Labute approximate surface area is 204 Å². The van der Waals surface area contributed by atoms with Gasteiger partial charge in [0.25, 0.3) is 5.91 Å². The predicted molar refractivity (Wildman–Crippen MR) is 137 cm³/mol. The Kier molecular flexibility index (Phi) is 6.26. The summed E-state index contributed by atoms with van der Waals surface area (Å²) in [7, 11) is 0. The molecule has 0 saturated heterocycles. The summed E-state index contributed by atoms with van der Waals surface area (Å²) in [5, 5.41) is 12.0. The number of para-hydroxylation sites is 1. The summed E-state index contributed by atoms with van der Waals surface area (Å²) in [6.07, 6.45) is 3.74. The first kappa shape index (κ1) is 22.3. The van der Waals surface area contributed by atoms with Crippen molar-refractivity contribution < 1.29 is 4.79 Å². The fourth-order valence-corrected chi connectivity index (χ4v) is 4.38. The highest BCUT2D eigenvalue weighted by Gasteiger charge is 2.19. The van der Waals surface area contributed by atoms with Crippen molar-refractivity contribution in [1.82, 2.24) is 24.9 Å². The van der Waals surface area contributed by atoms with E-state index in [9.17, 15) is 4.79 Å². The van der Waals surface area contributed by atoms with Crippen LogP contribution in [0.5, 0.6) is 0 Å². The van der Waals surface area contributed by atoms with Gasteiger partial charge in [0, 0.05) is 18.9 Å². The van der Waals surface area contributed by atoms with Crippen molar-refractivity contribution in [2.24, 2.45) is 0 Å². The minimum Gasteiger partial charge on any atom is -0.348 e. The van der Waals surface area contributed by atoms with Gasteiger partial charge in [-0.15, -0.1) is 0 Å². The van der Waals surface area contributed by atoms with Gasteiger partial charge in [-0.3, -0.25) is 9.48 Å². The maximum absolute atomic E-state index is 13.2. The average molecular weight is 462 g/mol. The Morgan fingerprint density at radius 3 is 2.37 bits per heavy atom. The Bertz CT molecular complexity index is 1430. The molecule has 6 nitrogen and oxygen atoms in total. The fraction of sp³-hybridized carbons (Fsp3) is 0.138. The van der Waals surface area contributed by atoms with Crippen molar-refractivity contribution in [2.45, 2.75) is 26.9 Å². The number of rotatable bonds is 7. The van der Waals surface area contributed by atoms with E-state index in [1.807, 2.05) is 77.9 Å². The van der Waals surface area contributed by atoms with Crippen LogP contribution in [0.2, 0.25) is 0 Å². The van der Waals surface area contributed by atoms with Gasteiger partial charge in [-0.05, 0) is 54.3 Å². The molecule has 3 aromatic carbocycles. The molecule has 2 aromatic heterocycles. The zero-order valence-corrected chi connectivity index (χ0v) is 19.8.